The van der Waals surface area contributed by atoms with Gasteiger partial charge >= 0.3 is 5.97 Å². The Hall–Kier alpha value is -3.10. The van der Waals surface area contributed by atoms with Crippen LogP contribution in [-0.4, -0.2) is 57.0 Å². The number of carbonyl (C=O) groups is 2. The number of aromatic nitrogens is 4. The molecule has 1 aliphatic heterocycles. The van der Waals surface area contributed by atoms with Crippen LogP contribution in [0.15, 0.2) is 28.9 Å². The van der Waals surface area contributed by atoms with Crippen LogP contribution in [0.25, 0.3) is 11.1 Å². The van der Waals surface area contributed by atoms with Crippen molar-refractivity contribution in [1.29, 1.82) is 0 Å². The van der Waals surface area contributed by atoms with Crippen molar-refractivity contribution in [3.8, 4) is 0 Å². The van der Waals surface area contributed by atoms with Gasteiger partial charge in [0.1, 0.15) is 5.69 Å². The van der Waals surface area contributed by atoms with Crippen molar-refractivity contribution in [2.24, 2.45) is 0 Å². The lowest BCUT2D eigenvalue weighted by atomic mass is 10.1. The van der Waals surface area contributed by atoms with Gasteiger partial charge in [0.15, 0.2) is 11.3 Å². The standard InChI is InChI=1S/C16H17N5O4/c1-24-16(23)12-8-13-11(19-12)7-14(25-13)15(22)20-6-2-3-10(9-20)21-17-4-5-18-21/h4-5,7-8,10,19H,2-3,6,9H2,1H3. The molecule has 3 aromatic rings. The lowest BCUT2D eigenvalue weighted by Crippen LogP contribution is -2.41. The number of piperidine rings is 1. The van der Waals surface area contributed by atoms with Gasteiger partial charge in [0, 0.05) is 25.2 Å². The van der Waals surface area contributed by atoms with Crippen molar-refractivity contribution in [1.82, 2.24) is 24.9 Å². The van der Waals surface area contributed by atoms with E-state index < -0.39 is 5.97 Å². The maximum Gasteiger partial charge on any atom is 0.354 e. The summed E-state index contributed by atoms with van der Waals surface area (Å²) in [7, 11) is 1.31. The monoisotopic (exact) mass is 343 g/mol. The van der Waals surface area contributed by atoms with Gasteiger partial charge in [-0.2, -0.15) is 15.0 Å². The molecule has 0 bridgehead atoms. The summed E-state index contributed by atoms with van der Waals surface area (Å²) in [5.74, 6) is -0.419. The molecule has 1 fully saturated rings. The fourth-order valence-electron chi connectivity index (χ4n) is 3.15. The van der Waals surface area contributed by atoms with Gasteiger partial charge in [-0.25, -0.2) is 4.79 Å². The highest BCUT2D eigenvalue weighted by Crippen LogP contribution is 2.25. The van der Waals surface area contributed by atoms with Crippen LogP contribution in [0, 0.1) is 0 Å². The van der Waals surface area contributed by atoms with Crippen molar-refractivity contribution in [2.75, 3.05) is 20.2 Å². The van der Waals surface area contributed by atoms with E-state index in [1.54, 1.807) is 28.2 Å². The summed E-state index contributed by atoms with van der Waals surface area (Å²) in [5, 5.41) is 8.33. The highest BCUT2D eigenvalue weighted by Gasteiger charge is 2.28. The molecule has 25 heavy (non-hydrogen) atoms. The number of nitrogens with zero attached hydrogens (tertiary/aromatic N) is 4. The number of amides is 1. The van der Waals surface area contributed by atoms with Gasteiger partial charge in [-0.15, -0.1) is 0 Å². The van der Waals surface area contributed by atoms with Crippen LogP contribution in [-0.2, 0) is 4.74 Å². The zero-order valence-electron chi connectivity index (χ0n) is 13.6. The molecule has 0 saturated carbocycles. The first kappa shape index (κ1) is 15.4. The minimum absolute atomic E-state index is 0.0680. The summed E-state index contributed by atoms with van der Waals surface area (Å²) in [5.41, 5.74) is 1.33. The van der Waals surface area contributed by atoms with E-state index in [0.717, 1.165) is 12.8 Å². The van der Waals surface area contributed by atoms with Crippen LogP contribution >= 0.6 is 0 Å². The Labute approximate surface area is 142 Å². The SMILES string of the molecule is COC(=O)c1cc2oc(C(=O)N3CCCC(n4nccn4)C3)cc2[nH]1. The second-order valence-electron chi connectivity index (χ2n) is 5.96. The first-order valence-corrected chi connectivity index (χ1v) is 8.01. The molecule has 1 saturated heterocycles. The van der Waals surface area contributed by atoms with Gasteiger partial charge in [-0.05, 0) is 12.8 Å². The second-order valence-corrected chi connectivity index (χ2v) is 5.96. The summed E-state index contributed by atoms with van der Waals surface area (Å²) in [4.78, 5) is 30.5. The molecule has 1 atom stereocenters. The van der Waals surface area contributed by atoms with Gasteiger partial charge < -0.3 is 19.0 Å². The average molecular weight is 343 g/mol. The predicted molar refractivity (Wildman–Crippen MR) is 86.1 cm³/mol. The normalized spacial score (nSPS) is 17.8. The molecular formula is C16H17N5O4. The van der Waals surface area contributed by atoms with Crippen LogP contribution in [0.3, 0.4) is 0 Å². The molecule has 3 aromatic heterocycles. The third kappa shape index (κ3) is 2.77. The van der Waals surface area contributed by atoms with Gasteiger partial charge in [0.25, 0.3) is 5.91 Å². The van der Waals surface area contributed by atoms with Crippen LogP contribution in [0.5, 0.6) is 0 Å². The number of hydrogen-bond donors (Lipinski definition) is 1. The number of nitrogens with one attached hydrogen (secondary N) is 1. The fraction of sp³-hybridized carbons (Fsp3) is 0.375. The van der Waals surface area contributed by atoms with E-state index in [9.17, 15) is 9.59 Å². The third-order valence-corrected chi connectivity index (χ3v) is 4.37. The van der Waals surface area contributed by atoms with E-state index in [0.29, 0.717) is 24.2 Å². The molecule has 1 unspecified atom stereocenters. The number of furan rings is 1. The van der Waals surface area contributed by atoms with E-state index in [1.807, 2.05) is 0 Å². The van der Waals surface area contributed by atoms with Gasteiger partial charge in [-0.1, -0.05) is 0 Å². The van der Waals surface area contributed by atoms with Crippen LogP contribution < -0.4 is 0 Å². The lowest BCUT2D eigenvalue weighted by Gasteiger charge is -2.31. The summed E-state index contributed by atoms with van der Waals surface area (Å²) >= 11 is 0. The number of aromatic amines is 1. The molecule has 130 valence electrons. The summed E-state index contributed by atoms with van der Waals surface area (Å²) < 4.78 is 10.3. The molecule has 1 aliphatic rings. The highest BCUT2D eigenvalue weighted by atomic mass is 16.5. The summed E-state index contributed by atoms with van der Waals surface area (Å²) in [6.07, 6.45) is 5.08. The fourth-order valence-corrected chi connectivity index (χ4v) is 3.15. The second kappa shape index (κ2) is 6.08. The topological polar surface area (TPSA) is 106 Å². The van der Waals surface area contributed by atoms with Crippen LogP contribution in [0.2, 0.25) is 0 Å². The Kier molecular flexibility index (Phi) is 3.75. The molecule has 9 heteroatoms. The number of likely N-dealkylation sites (tertiary alicyclic amines) is 1. The van der Waals surface area contributed by atoms with Gasteiger partial charge in [0.2, 0.25) is 0 Å². The van der Waals surface area contributed by atoms with E-state index >= 15 is 0 Å². The highest BCUT2D eigenvalue weighted by molar-refractivity contribution is 5.98. The Morgan fingerprint density at radius 2 is 2.12 bits per heavy atom. The zero-order chi connectivity index (χ0) is 17.4. The van der Waals surface area contributed by atoms with Crippen LogP contribution in [0.4, 0.5) is 0 Å². The number of methoxy groups -OCH3 is 1. The number of rotatable bonds is 3. The van der Waals surface area contributed by atoms with E-state index in [2.05, 4.69) is 19.9 Å². The Morgan fingerprint density at radius 3 is 2.84 bits per heavy atom. The van der Waals surface area contributed by atoms with Crippen molar-refractivity contribution in [2.45, 2.75) is 18.9 Å². The molecule has 9 nitrogen and oxygen atoms in total. The van der Waals surface area contributed by atoms with E-state index in [4.69, 9.17) is 4.42 Å². The molecule has 4 heterocycles. The summed E-state index contributed by atoms with van der Waals surface area (Å²) in [6, 6.07) is 3.21. The van der Waals surface area contributed by atoms with Crippen LogP contribution in [0.1, 0.15) is 39.9 Å². The Balaban J connectivity index is 1.53. The number of H-pyrrole nitrogens is 1. The molecule has 0 radical (unpaired) electrons. The number of hydrogen-bond acceptors (Lipinski definition) is 6. The third-order valence-electron chi connectivity index (χ3n) is 4.37. The molecule has 4 rings (SSSR count). The van der Waals surface area contributed by atoms with Crippen molar-refractivity contribution in [3.05, 3.63) is 36.0 Å². The molecule has 0 spiro atoms. The number of ether oxygens (including phenoxy) is 1. The average Bonchev–Trinajstić information content (AvgIpc) is 3.36. The molecule has 1 amide bonds. The van der Waals surface area contributed by atoms with Gasteiger partial charge in [0.05, 0.1) is 31.1 Å². The largest absolute Gasteiger partial charge is 0.464 e. The number of carbonyl (C=O) groups excluding carboxylic acids is 2. The van der Waals surface area contributed by atoms with E-state index in [1.165, 1.54) is 13.2 Å². The molecule has 0 aliphatic carbocycles. The van der Waals surface area contributed by atoms with E-state index in [-0.39, 0.29) is 23.4 Å². The Morgan fingerprint density at radius 1 is 1.32 bits per heavy atom. The minimum Gasteiger partial charge on any atom is -0.464 e. The summed E-state index contributed by atoms with van der Waals surface area (Å²) in [6.45, 7) is 1.20. The molecule has 0 aromatic carbocycles. The smallest absolute Gasteiger partial charge is 0.354 e. The zero-order valence-corrected chi connectivity index (χ0v) is 13.6. The van der Waals surface area contributed by atoms with Crippen molar-refractivity contribution >= 4 is 23.0 Å². The predicted octanol–water partition coefficient (Wildman–Crippen LogP) is 1.62. The Bertz CT molecular complexity index is 879. The molecule has 1 N–H and O–H groups in total. The maximum absolute atomic E-state index is 12.7. The van der Waals surface area contributed by atoms with Crippen molar-refractivity contribution in [3.63, 3.8) is 0 Å². The van der Waals surface area contributed by atoms with Gasteiger partial charge in [-0.3, -0.25) is 4.79 Å². The number of fused-ring (bicyclic) bond motifs is 1. The number of esters is 1. The van der Waals surface area contributed by atoms with Crippen molar-refractivity contribution < 1.29 is 18.7 Å². The first-order valence-electron chi connectivity index (χ1n) is 8.01. The molecular weight excluding hydrogens is 326 g/mol. The quantitative estimate of drug-likeness (QED) is 0.724. The maximum atomic E-state index is 12.7. The first-order chi connectivity index (χ1) is 12.2. The minimum atomic E-state index is -0.482. The lowest BCUT2D eigenvalue weighted by molar-refractivity contribution is 0.0594.